The molecular weight excluding hydrogens is 602 g/mol. The quantitative estimate of drug-likeness (QED) is 0.148. The monoisotopic (exact) mass is 635 g/mol. The molecule has 0 saturated carbocycles. The Morgan fingerprint density at radius 3 is 2.44 bits per heavy atom. The fourth-order valence-electron chi connectivity index (χ4n) is 6.40. The number of carbonyl (C=O) groups is 3. The molecule has 236 valence electrons. The zero-order valence-corrected chi connectivity index (χ0v) is 25.4. The summed E-state index contributed by atoms with van der Waals surface area (Å²) in [7, 11) is 1.34. The number of aliphatic hydroxyl groups excluding tert-OH is 1. The lowest BCUT2D eigenvalue weighted by atomic mass is 9.72. The lowest BCUT2D eigenvalue weighted by Gasteiger charge is -2.42. The number of nitrogens with two attached hydrogens (primary N) is 1. The summed E-state index contributed by atoms with van der Waals surface area (Å²) < 4.78 is 17.4. The number of aromatic hydroxyl groups is 2. The van der Waals surface area contributed by atoms with Crippen LogP contribution in [0, 0.1) is 0 Å². The maximum atomic E-state index is 13.8. The standard InChI is InChI=1S/C33H33NO10S/c1-15-28(36)19(34)11-23(43-15)44-21-13-33(41,22(35)14-45-16-7-4-3-5-8-16)12-18-25(21)32(40)27-26(30(18)38)29(37)17-9-6-10-20(42-2)24(17)31(27)39/h3-10,15,19,21,23,28,36,38,40-41H,11-14,34H2,1-2H3/t15?,19?,21-,23?,28?,33-/m0/s1. The van der Waals surface area contributed by atoms with Crippen LogP contribution in [0.5, 0.6) is 17.2 Å². The minimum absolute atomic E-state index is 0.0205. The number of ether oxygens (including phenoxy) is 3. The van der Waals surface area contributed by atoms with Crippen molar-refractivity contribution in [1.82, 2.24) is 0 Å². The number of methoxy groups -OCH3 is 1. The highest BCUT2D eigenvalue weighted by molar-refractivity contribution is 8.00. The molecule has 11 nitrogen and oxygen atoms in total. The van der Waals surface area contributed by atoms with Gasteiger partial charge in [-0.15, -0.1) is 11.8 Å². The number of rotatable bonds is 7. The molecule has 45 heavy (non-hydrogen) atoms. The number of phenolic OH excluding ortho intramolecular Hbond substituents is 2. The highest BCUT2D eigenvalue weighted by Gasteiger charge is 2.50. The van der Waals surface area contributed by atoms with Crippen LogP contribution in [-0.2, 0) is 20.7 Å². The Hall–Kier alpha value is -3.78. The Labute approximate surface area is 262 Å². The largest absolute Gasteiger partial charge is 0.507 e. The van der Waals surface area contributed by atoms with E-state index in [1.807, 2.05) is 30.3 Å². The van der Waals surface area contributed by atoms with Crippen LogP contribution in [0.15, 0.2) is 53.4 Å². The van der Waals surface area contributed by atoms with Crippen molar-refractivity contribution in [2.75, 3.05) is 12.9 Å². The number of phenols is 2. The van der Waals surface area contributed by atoms with Gasteiger partial charge in [0, 0.05) is 46.9 Å². The van der Waals surface area contributed by atoms with Gasteiger partial charge in [-0.3, -0.25) is 14.4 Å². The van der Waals surface area contributed by atoms with E-state index in [0.717, 1.165) is 4.90 Å². The Balaban J connectivity index is 1.45. The molecule has 2 aliphatic carbocycles. The zero-order valence-electron chi connectivity index (χ0n) is 24.6. The number of thioether (sulfide) groups is 1. The van der Waals surface area contributed by atoms with E-state index in [1.165, 1.54) is 37.1 Å². The molecule has 6 rings (SSSR count). The van der Waals surface area contributed by atoms with Gasteiger partial charge in [-0.25, -0.2) is 0 Å². The van der Waals surface area contributed by atoms with Crippen molar-refractivity contribution in [3.05, 3.63) is 81.9 Å². The van der Waals surface area contributed by atoms with Gasteiger partial charge >= 0.3 is 0 Å². The van der Waals surface area contributed by atoms with E-state index in [1.54, 1.807) is 6.92 Å². The molecule has 3 aromatic rings. The van der Waals surface area contributed by atoms with Crippen LogP contribution >= 0.6 is 11.8 Å². The molecule has 0 spiro atoms. The van der Waals surface area contributed by atoms with Gasteiger partial charge in [0.25, 0.3) is 0 Å². The third-order valence-corrected chi connectivity index (χ3v) is 9.79. The molecule has 3 aromatic carbocycles. The predicted octanol–water partition coefficient (Wildman–Crippen LogP) is 2.80. The van der Waals surface area contributed by atoms with E-state index in [9.17, 15) is 34.8 Å². The summed E-state index contributed by atoms with van der Waals surface area (Å²) in [5, 5.41) is 45.5. The van der Waals surface area contributed by atoms with Crippen LogP contribution in [0.4, 0.5) is 0 Å². The third-order valence-electron chi connectivity index (χ3n) is 8.77. The van der Waals surface area contributed by atoms with Crippen LogP contribution < -0.4 is 10.5 Å². The Morgan fingerprint density at radius 2 is 1.76 bits per heavy atom. The summed E-state index contributed by atoms with van der Waals surface area (Å²) in [5.41, 5.74) is 2.95. The van der Waals surface area contributed by atoms with Crippen molar-refractivity contribution in [2.24, 2.45) is 5.73 Å². The van der Waals surface area contributed by atoms with E-state index in [-0.39, 0.29) is 46.6 Å². The number of ketones is 3. The molecule has 6 atom stereocenters. The van der Waals surface area contributed by atoms with Crippen LogP contribution in [0.3, 0.4) is 0 Å². The van der Waals surface area contributed by atoms with Crippen LogP contribution in [-0.4, -0.2) is 80.8 Å². The average molecular weight is 636 g/mol. The lowest BCUT2D eigenvalue weighted by molar-refractivity contribution is -0.247. The van der Waals surface area contributed by atoms with Gasteiger partial charge in [-0.2, -0.15) is 0 Å². The van der Waals surface area contributed by atoms with Crippen molar-refractivity contribution in [1.29, 1.82) is 0 Å². The second-order valence-electron chi connectivity index (χ2n) is 11.6. The third kappa shape index (κ3) is 5.31. The zero-order chi connectivity index (χ0) is 32.2. The molecule has 12 heteroatoms. The van der Waals surface area contributed by atoms with E-state index in [2.05, 4.69) is 0 Å². The first-order chi connectivity index (χ1) is 21.4. The fourth-order valence-corrected chi connectivity index (χ4v) is 7.32. The minimum atomic E-state index is -2.08. The first kappa shape index (κ1) is 31.2. The van der Waals surface area contributed by atoms with E-state index >= 15 is 0 Å². The van der Waals surface area contributed by atoms with Crippen molar-refractivity contribution >= 4 is 29.1 Å². The number of hydrogen-bond acceptors (Lipinski definition) is 12. The number of aliphatic hydroxyl groups is 2. The van der Waals surface area contributed by atoms with E-state index in [0.29, 0.717) is 0 Å². The van der Waals surface area contributed by atoms with Crippen LogP contribution in [0.2, 0.25) is 0 Å². The normalized spacial score (nSPS) is 27.4. The molecule has 1 fully saturated rings. The minimum Gasteiger partial charge on any atom is -0.507 e. The highest BCUT2D eigenvalue weighted by atomic mass is 32.2. The van der Waals surface area contributed by atoms with Gasteiger partial charge in [0.05, 0.1) is 47.9 Å². The molecule has 0 radical (unpaired) electrons. The molecule has 1 saturated heterocycles. The molecule has 1 aliphatic heterocycles. The van der Waals surface area contributed by atoms with Crippen molar-refractivity contribution < 1.29 is 49.0 Å². The van der Waals surface area contributed by atoms with Crippen LogP contribution in [0.1, 0.15) is 68.8 Å². The number of fused-ring (bicyclic) bond motifs is 3. The van der Waals surface area contributed by atoms with Gasteiger partial charge in [-0.05, 0) is 25.1 Å². The summed E-state index contributed by atoms with van der Waals surface area (Å²) in [4.78, 5) is 42.0. The van der Waals surface area contributed by atoms with E-state index in [4.69, 9.17) is 19.9 Å². The van der Waals surface area contributed by atoms with Crippen molar-refractivity contribution in [2.45, 2.75) is 67.3 Å². The summed E-state index contributed by atoms with van der Waals surface area (Å²) in [6.07, 6.45) is -4.72. The number of carbonyl (C=O) groups excluding carboxylic acids is 3. The van der Waals surface area contributed by atoms with Crippen LogP contribution in [0.25, 0.3) is 0 Å². The number of hydrogen-bond donors (Lipinski definition) is 5. The molecule has 0 bridgehead atoms. The average Bonchev–Trinajstić information content (AvgIpc) is 3.02. The molecule has 0 aromatic heterocycles. The molecule has 4 unspecified atom stereocenters. The SMILES string of the molecule is COc1cccc2c1C(=O)c1c(O)c3c(c(O)c1C2=O)C[C@@](O)(C(=O)CSc1ccccc1)C[C@@H]3OC1CC(N)C(O)C(C)O1. The Kier molecular flexibility index (Phi) is 8.23. The molecule has 6 N–H and O–H groups in total. The molecule has 0 amide bonds. The maximum Gasteiger partial charge on any atom is 0.202 e. The van der Waals surface area contributed by atoms with E-state index < -0.39 is 82.6 Å². The summed E-state index contributed by atoms with van der Waals surface area (Å²) in [6.45, 7) is 1.62. The Morgan fingerprint density at radius 1 is 1.04 bits per heavy atom. The highest BCUT2D eigenvalue weighted by Crippen LogP contribution is 2.52. The smallest absolute Gasteiger partial charge is 0.202 e. The summed E-state index contributed by atoms with van der Waals surface area (Å²) in [6, 6.07) is 12.9. The fraction of sp³-hybridized carbons (Fsp3) is 0.364. The summed E-state index contributed by atoms with van der Waals surface area (Å²) in [5.74, 6) is -3.27. The number of benzene rings is 3. The van der Waals surface area contributed by atoms with Gasteiger partial charge in [0.1, 0.15) is 22.8 Å². The second-order valence-corrected chi connectivity index (χ2v) is 12.7. The van der Waals surface area contributed by atoms with Gasteiger partial charge < -0.3 is 40.4 Å². The summed E-state index contributed by atoms with van der Waals surface area (Å²) >= 11 is 1.22. The topological polar surface area (TPSA) is 186 Å². The molecule has 3 aliphatic rings. The van der Waals surface area contributed by atoms with Crippen molar-refractivity contribution in [3.8, 4) is 17.2 Å². The maximum absolute atomic E-state index is 13.8. The lowest BCUT2D eigenvalue weighted by Crippen LogP contribution is -2.52. The van der Waals surface area contributed by atoms with Gasteiger partial charge in [0.15, 0.2) is 17.9 Å². The van der Waals surface area contributed by atoms with Gasteiger partial charge in [0.2, 0.25) is 5.78 Å². The molecule has 1 heterocycles. The first-order valence-corrected chi connectivity index (χ1v) is 15.5. The molecular formula is C33H33NO10S. The second kappa shape index (κ2) is 11.9. The predicted molar refractivity (Wildman–Crippen MR) is 162 cm³/mol. The first-order valence-electron chi connectivity index (χ1n) is 14.5. The van der Waals surface area contributed by atoms with Crippen molar-refractivity contribution in [3.63, 3.8) is 0 Å². The number of Topliss-reactive ketones (excluding diaryl/α,β-unsaturated/α-hetero) is 1. The van der Waals surface area contributed by atoms with Gasteiger partial charge in [-0.1, -0.05) is 30.3 Å². The Bertz CT molecular complexity index is 1680.